The maximum atomic E-state index is 12.6. The summed E-state index contributed by atoms with van der Waals surface area (Å²) >= 11 is 2.90. The van der Waals surface area contributed by atoms with Gasteiger partial charge in [0.25, 0.3) is 0 Å². The summed E-state index contributed by atoms with van der Waals surface area (Å²) in [7, 11) is -3.46. The molecule has 2 aromatic rings. The van der Waals surface area contributed by atoms with E-state index in [9.17, 15) is 13.5 Å². The number of aryl methyl sites for hydroxylation is 1. The maximum Gasteiger partial charge on any atom is 0.250 e. The lowest BCUT2D eigenvalue weighted by Crippen LogP contribution is -2.38. The Bertz CT molecular complexity index is 799. The van der Waals surface area contributed by atoms with E-state index in [4.69, 9.17) is 0 Å². The molecule has 1 aliphatic carbocycles. The molecule has 0 saturated heterocycles. The van der Waals surface area contributed by atoms with Crippen LogP contribution in [0.1, 0.15) is 53.3 Å². The van der Waals surface area contributed by atoms with E-state index in [2.05, 4.69) is 10.8 Å². The van der Waals surface area contributed by atoms with E-state index in [1.54, 1.807) is 24.3 Å². The second kappa shape index (κ2) is 6.88. The second-order valence-electron chi connectivity index (χ2n) is 6.56. The van der Waals surface area contributed by atoms with E-state index in [0.717, 1.165) is 35.4 Å². The molecule has 1 saturated carbocycles. The highest BCUT2D eigenvalue weighted by atomic mass is 32.2. The number of thiophene rings is 2. The lowest BCUT2D eigenvalue weighted by Gasteiger charge is -2.28. The zero-order valence-electron chi connectivity index (χ0n) is 13.9. The zero-order chi connectivity index (χ0) is 17.4. The topological polar surface area (TPSA) is 66.4 Å². The molecule has 1 fully saturated rings. The molecule has 0 radical (unpaired) electrons. The number of aliphatic hydroxyl groups excluding tert-OH is 1. The lowest BCUT2D eigenvalue weighted by molar-refractivity contribution is 0.203. The Hall–Kier alpha value is -0.730. The van der Waals surface area contributed by atoms with Crippen LogP contribution >= 0.6 is 22.7 Å². The van der Waals surface area contributed by atoms with Gasteiger partial charge >= 0.3 is 0 Å². The third kappa shape index (κ3) is 3.60. The fourth-order valence-corrected chi connectivity index (χ4v) is 6.93. The molecule has 4 nitrogen and oxygen atoms in total. The standard InChI is InChI=1S/C17H23NO3S3/c1-12-5-8-16(22-12)24(20,21)18-11-17(9-3-4-10-17)15-7-6-14(23-15)13(2)19/h5-8,13,18-19H,3-4,9-11H2,1-2H3. The van der Waals surface area contributed by atoms with Gasteiger partial charge in [0.2, 0.25) is 10.0 Å². The van der Waals surface area contributed by atoms with Crippen LogP contribution in [0.25, 0.3) is 0 Å². The van der Waals surface area contributed by atoms with Crippen molar-refractivity contribution in [2.75, 3.05) is 6.54 Å². The molecular formula is C17H23NO3S3. The van der Waals surface area contributed by atoms with E-state index in [1.807, 2.05) is 19.1 Å². The zero-order valence-corrected chi connectivity index (χ0v) is 16.4. The quantitative estimate of drug-likeness (QED) is 0.791. The summed E-state index contributed by atoms with van der Waals surface area (Å²) in [6, 6.07) is 7.52. The van der Waals surface area contributed by atoms with Crippen LogP contribution in [0.2, 0.25) is 0 Å². The number of nitrogens with one attached hydrogen (secondary N) is 1. The summed E-state index contributed by atoms with van der Waals surface area (Å²) in [5.41, 5.74) is -0.142. The number of hydrogen-bond donors (Lipinski definition) is 2. The van der Waals surface area contributed by atoms with Crippen molar-refractivity contribution in [3.05, 3.63) is 38.9 Å². The van der Waals surface area contributed by atoms with E-state index in [0.29, 0.717) is 10.8 Å². The van der Waals surface area contributed by atoms with Crippen LogP contribution < -0.4 is 4.72 Å². The van der Waals surface area contributed by atoms with Crippen LogP contribution in [0.4, 0.5) is 0 Å². The molecule has 24 heavy (non-hydrogen) atoms. The molecular weight excluding hydrogens is 362 g/mol. The van der Waals surface area contributed by atoms with Gasteiger partial charge in [0, 0.05) is 26.6 Å². The summed E-state index contributed by atoms with van der Waals surface area (Å²) < 4.78 is 28.3. The monoisotopic (exact) mass is 385 g/mol. The Kier molecular flexibility index (Phi) is 5.18. The van der Waals surface area contributed by atoms with Crippen molar-refractivity contribution in [1.82, 2.24) is 4.72 Å². The molecule has 2 aromatic heterocycles. The van der Waals surface area contributed by atoms with E-state index in [-0.39, 0.29) is 5.41 Å². The van der Waals surface area contributed by atoms with Crippen LogP contribution in [-0.4, -0.2) is 20.1 Å². The van der Waals surface area contributed by atoms with Gasteiger partial charge in [0.05, 0.1) is 6.10 Å². The first-order valence-corrected chi connectivity index (χ1v) is 11.3. The molecule has 0 aliphatic heterocycles. The van der Waals surface area contributed by atoms with Crippen molar-refractivity contribution >= 4 is 32.7 Å². The summed E-state index contributed by atoms with van der Waals surface area (Å²) in [6.07, 6.45) is 3.72. The minimum atomic E-state index is -3.46. The SMILES string of the molecule is Cc1ccc(S(=O)(=O)NCC2(c3ccc(C(C)O)s3)CCCC2)s1. The predicted molar refractivity (Wildman–Crippen MR) is 99.3 cm³/mol. The fourth-order valence-electron chi connectivity index (χ4n) is 3.29. The van der Waals surface area contributed by atoms with Crippen LogP contribution in [0.5, 0.6) is 0 Å². The van der Waals surface area contributed by atoms with Crippen molar-refractivity contribution in [3.63, 3.8) is 0 Å². The van der Waals surface area contributed by atoms with Gasteiger partial charge < -0.3 is 5.11 Å². The van der Waals surface area contributed by atoms with Gasteiger partial charge in [-0.2, -0.15) is 0 Å². The second-order valence-corrected chi connectivity index (χ2v) is 11.0. The van der Waals surface area contributed by atoms with Gasteiger partial charge in [-0.3, -0.25) is 0 Å². The highest BCUT2D eigenvalue weighted by Crippen LogP contribution is 2.44. The van der Waals surface area contributed by atoms with Crippen LogP contribution in [0.3, 0.4) is 0 Å². The van der Waals surface area contributed by atoms with Crippen LogP contribution in [-0.2, 0) is 15.4 Å². The molecule has 2 heterocycles. The minimum Gasteiger partial charge on any atom is -0.388 e. The Labute approximate surface area is 151 Å². The van der Waals surface area contributed by atoms with Gasteiger partial charge in [0.15, 0.2) is 0 Å². The average molecular weight is 386 g/mol. The third-order valence-electron chi connectivity index (χ3n) is 4.70. The minimum absolute atomic E-state index is 0.142. The van der Waals surface area contributed by atoms with Crippen molar-refractivity contribution in [3.8, 4) is 0 Å². The summed E-state index contributed by atoms with van der Waals surface area (Å²) in [5, 5.41) is 9.77. The molecule has 3 rings (SSSR count). The highest BCUT2D eigenvalue weighted by Gasteiger charge is 2.38. The Morgan fingerprint density at radius 3 is 2.46 bits per heavy atom. The molecule has 1 atom stereocenters. The smallest absolute Gasteiger partial charge is 0.250 e. The van der Waals surface area contributed by atoms with Gasteiger partial charge in [-0.05, 0) is 51.0 Å². The number of rotatable bonds is 6. The summed E-state index contributed by atoms with van der Waals surface area (Å²) in [6.45, 7) is 4.09. The van der Waals surface area contributed by atoms with Crippen LogP contribution in [0, 0.1) is 6.92 Å². The van der Waals surface area contributed by atoms with E-state index in [1.165, 1.54) is 16.2 Å². The first-order chi connectivity index (χ1) is 11.3. The van der Waals surface area contributed by atoms with E-state index < -0.39 is 16.1 Å². The first-order valence-electron chi connectivity index (χ1n) is 8.17. The lowest BCUT2D eigenvalue weighted by atomic mass is 9.85. The number of aliphatic hydroxyl groups is 1. The molecule has 0 amide bonds. The largest absolute Gasteiger partial charge is 0.388 e. The molecule has 0 bridgehead atoms. The Morgan fingerprint density at radius 2 is 1.92 bits per heavy atom. The Balaban J connectivity index is 1.81. The Morgan fingerprint density at radius 1 is 1.21 bits per heavy atom. The predicted octanol–water partition coefficient (Wildman–Crippen LogP) is 3.96. The maximum absolute atomic E-state index is 12.6. The third-order valence-corrected chi connectivity index (χ3v) is 9.10. The van der Waals surface area contributed by atoms with Gasteiger partial charge in [-0.15, -0.1) is 22.7 Å². The molecule has 0 aromatic carbocycles. The van der Waals surface area contributed by atoms with Gasteiger partial charge in [-0.25, -0.2) is 13.1 Å². The van der Waals surface area contributed by atoms with Crippen molar-refractivity contribution in [1.29, 1.82) is 0 Å². The normalized spacial score (nSPS) is 18.8. The molecule has 1 aliphatic rings. The summed E-state index contributed by atoms with van der Waals surface area (Å²) in [5.74, 6) is 0. The van der Waals surface area contributed by atoms with Crippen LogP contribution in [0.15, 0.2) is 28.5 Å². The van der Waals surface area contributed by atoms with Gasteiger partial charge in [-0.1, -0.05) is 12.8 Å². The number of hydrogen-bond acceptors (Lipinski definition) is 5. The summed E-state index contributed by atoms with van der Waals surface area (Å²) in [4.78, 5) is 3.11. The van der Waals surface area contributed by atoms with Crippen molar-refractivity contribution in [2.45, 2.75) is 55.3 Å². The van der Waals surface area contributed by atoms with E-state index >= 15 is 0 Å². The number of sulfonamides is 1. The van der Waals surface area contributed by atoms with Gasteiger partial charge in [0.1, 0.15) is 4.21 Å². The first kappa shape index (κ1) is 18.1. The molecule has 2 N–H and O–H groups in total. The average Bonchev–Trinajstić information content (AvgIpc) is 3.25. The fraction of sp³-hybridized carbons (Fsp3) is 0.529. The van der Waals surface area contributed by atoms with Crippen molar-refractivity contribution < 1.29 is 13.5 Å². The highest BCUT2D eigenvalue weighted by molar-refractivity contribution is 7.91. The van der Waals surface area contributed by atoms with Crippen molar-refractivity contribution in [2.24, 2.45) is 0 Å². The molecule has 7 heteroatoms. The molecule has 132 valence electrons. The molecule has 1 unspecified atom stereocenters. The molecule has 0 spiro atoms.